The maximum atomic E-state index is 11.0. The number of halogens is 1. The summed E-state index contributed by atoms with van der Waals surface area (Å²) in [6.45, 7) is 0.142. The van der Waals surface area contributed by atoms with Crippen LogP contribution in [0, 0.1) is 0 Å². The Balaban J connectivity index is 2.11. The van der Waals surface area contributed by atoms with Crippen molar-refractivity contribution in [2.75, 3.05) is 6.79 Å². The molecule has 0 bridgehead atoms. The van der Waals surface area contributed by atoms with E-state index in [2.05, 4.69) is 0 Å². The van der Waals surface area contributed by atoms with Crippen LogP contribution < -0.4 is 9.47 Å². The fourth-order valence-corrected chi connectivity index (χ4v) is 1.75. The largest absolute Gasteiger partial charge is 0.476 e. The Bertz CT molecular complexity index is 483. The molecule has 1 aliphatic heterocycles. The van der Waals surface area contributed by atoms with Crippen molar-refractivity contribution < 1.29 is 24.2 Å². The number of Topliss-reactive ketones (excluding diaryl/α,β-unsaturated/α-hetero) is 1. The fraction of sp³-hybridized carbons (Fsp3) is 0.273. The minimum atomic E-state index is -1.43. The number of benzene rings is 1. The van der Waals surface area contributed by atoms with Crippen LogP contribution in [0.25, 0.3) is 0 Å². The molecule has 5 nitrogen and oxygen atoms in total. The van der Waals surface area contributed by atoms with Gasteiger partial charge in [0, 0.05) is 17.5 Å². The average molecular weight is 257 g/mol. The van der Waals surface area contributed by atoms with E-state index in [1.165, 1.54) is 0 Å². The van der Waals surface area contributed by atoms with Crippen LogP contribution in [0.4, 0.5) is 0 Å². The summed E-state index contributed by atoms with van der Waals surface area (Å²) in [4.78, 5) is 21.3. The molecule has 1 aromatic carbocycles. The molecule has 90 valence electrons. The predicted molar refractivity (Wildman–Crippen MR) is 58.5 cm³/mol. The van der Waals surface area contributed by atoms with Gasteiger partial charge in [0.25, 0.3) is 0 Å². The van der Waals surface area contributed by atoms with Crippen molar-refractivity contribution in [1.82, 2.24) is 0 Å². The van der Waals surface area contributed by atoms with Gasteiger partial charge in [0.2, 0.25) is 12.6 Å². The second kappa shape index (κ2) is 4.63. The second-order valence-corrected chi connectivity index (χ2v) is 3.93. The van der Waals surface area contributed by atoms with Crippen molar-refractivity contribution in [1.29, 1.82) is 0 Å². The zero-order chi connectivity index (χ0) is 12.4. The lowest BCUT2D eigenvalue weighted by Gasteiger charge is -2.04. The van der Waals surface area contributed by atoms with Gasteiger partial charge >= 0.3 is 5.97 Å². The molecule has 0 atom stereocenters. The summed E-state index contributed by atoms with van der Waals surface area (Å²) in [6, 6.07) is 3.27. The molecule has 0 spiro atoms. The Morgan fingerprint density at radius 2 is 1.94 bits per heavy atom. The lowest BCUT2D eigenvalue weighted by atomic mass is 10.1. The quantitative estimate of drug-likeness (QED) is 0.830. The van der Waals surface area contributed by atoms with E-state index in [4.69, 9.17) is 26.2 Å². The molecule has 1 aromatic rings. The first-order valence-corrected chi connectivity index (χ1v) is 5.30. The monoisotopic (exact) mass is 256 g/mol. The molecular weight excluding hydrogens is 248 g/mol. The number of hydrogen-bond donors (Lipinski definition) is 1. The summed E-state index contributed by atoms with van der Waals surface area (Å²) >= 11 is 5.98. The van der Waals surface area contributed by atoms with Gasteiger partial charge in [-0.05, 0) is 18.1 Å². The second-order valence-electron chi connectivity index (χ2n) is 3.53. The molecule has 0 amide bonds. The van der Waals surface area contributed by atoms with Crippen LogP contribution in [0.3, 0.4) is 0 Å². The summed E-state index contributed by atoms with van der Waals surface area (Å²) in [5.74, 6) is -1.14. The zero-order valence-corrected chi connectivity index (χ0v) is 9.49. The highest BCUT2D eigenvalue weighted by Gasteiger charge is 2.18. The number of rotatable bonds is 4. The van der Waals surface area contributed by atoms with E-state index in [0.717, 1.165) is 0 Å². The van der Waals surface area contributed by atoms with Crippen molar-refractivity contribution in [2.45, 2.75) is 12.8 Å². The molecule has 1 aliphatic rings. The number of carboxylic acids is 1. The zero-order valence-electron chi connectivity index (χ0n) is 8.73. The highest BCUT2D eigenvalue weighted by Crippen LogP contribution is 2.37. The maximum Gasteiger partial charge on any atom is 0.372 e. The highest BCUT2D eigenvalue weighted by atomic mass is 35.5. The highest BCUT2D eigenvalue weighted by molar-refractivity contribution is 6.33. The lowest BCUT2D eigenvalue weighted by Crippen LogP contribution is -2.13. The Morgan fingerprint density at radius 3 is 2.59 bits per heavy atom. The van der Waals surface area contributed by atoms with E-state index >= 15 is 0 Å². The molecule has 0 aliphatic carbocycles. The van der Waals surface area contributed by atoms with Gasteiger partial charge in [0.1, 0.15) is 0 Å². The normalized spacial score (nSPS) is 12.5. The summed E-state index contributed by atoms with van der Waals surface area (Å²) in [5.41, 5.74) is 0.672. The Hall–Kier alpha value is -1.75. The first kappa shape index (κ1) is 11.7. The summed E-state index contributed by atoms with van der Waals surface area (Å²) < 4.78 is 10.3. The molecule has 0 saturated heterocycles. The van der Waals surface area contributed by atoms with Gasteiger partial charge in [0.15, 0.2) is 11.5 Å². The molecule has 0 fully saturated rings. The number of ether oxygens (including phenoxy) is 2. The van der Waals surface area contributed by atoms with Crippen LogP contribution in [0.1, 0.15) is 12.0 Å². The van der Waals surface area contributed by atoms with Crippen LogP contribution in [-0.2, 0) is 16.0 Å². The third-order valence-electron chi connectivity index (χ3n) is 2.40. The number of aryl methyl sites for hydroxylation is 1. The summed E-state index contributed by atoms with van der Waals surface area (Å²) in [5, 5.41) is 8.89. The van der Waals surface area contributed by atoms with E-state index in [0.29, 0.717) is 22.1 Å². The average Bonchev–Trinajstić information content (AvgIpc) is 2.72. The summed E-state index contributed by atoms with van der Waals surface area (Å²) in [6.07, 6.45) is 0.176. The number of ketones is 1. The molecule has 0 aromatic heterocycles. The van der Waals surface area contributed by atoms with Crippen LogP contribution in [0.5, 0.6) is 11.5 Å². The van der Waals surface area contributed by atoms with Crippen molar-refractivity contribution in [3.05, 3.63) is 22.7 Å². The minimum absolute atomic E-state index is 0.0886. The Kier molecular flexibility index (Phi) is 3.19. The number of carbonyl (C=O) groups excluding carboxylic acids is 1. The first-order valence-electron chi connectivity index (χ1n) is 4.92. The molecule has 0 radical (unpaired) electrons. The first-order chi connectivity index (χ1) is 8.08. The number of hydrogen-bond acceptors (Lipinski definition) is 4. The van der Waals surface area contributed by atoms with Gasteiger partial charge in [0.05, 0.1) is 0 Å². The molecule has 17 heavy (non-hydrogen) atoms. The van der Waals surface area contributed by atoms with Crippen LogP contribution in [0.15, 0.2) is 12.1 Å². The number of fused-ring (bicyclic) bond motifs is 1. The molecule has 1 N–H and O–H groups in total. The van der Waals surface area contributed by atoms with Crippen LogP contribution >= 0.6 is 11.6 Å². The Labute approximate surface area is 102 Å². The van der Waals surface area contributed by atoms with Gasteiger partial charge < -0.3 is 14.6 Å². The van der Waals surface area contributed by atoms with Gasteiger partial charge in [-0.15, -0.1) is 0 Å². The molecule has 0 saturated carbocycles. The number of carbonyl (C=O) groups is 2. The van der Waals surface area contributed by atoms with Crippen molar-refractivity contribution >= 4 is 23.4 Å². The minimum Gasteiger partial charge on any atom is -0.476 e. The van der Waals surface area contributed by atoms with E-state index in [1.54, 1.807) is 12.1 Å². The standard InChI is InChI=1S/C11H9ClO5/c12-7-4-10-9(16-5-17-10)3-6(7)1-2-8(13)11(14)15/h3-4H,1-2,5H2,(H,14,15). The maximum absolute atomic E-state index is 11.0. The fourth-order valence-electron chi connectivity index (χ4n) is 1.51. The third kappa shape index (κ3) is 2.50. The SMILES string of the molecule is O=C(O)C(=O)CCc1cc2c(cc1Cl)OCO2. The molecule has 0 unspecified atom stereocenters. The molecule has 6 heteroatoms. The topological polar surface area (TPSA) is 72.8 Å². The Morgan fingerprint density at radius 1 is 1.29 bits per heavy atom. The van der Waals surface area contributed by atoms with Crippen molar-refractivity contribution in [3.63, 3.8) is 0 Å². The van der Waals surface area contributed by atoms with E-state index < -0.39 is 11.8 Å². The van der Waals surface area contributed by atoms with Crippen LogP contribution in [0.2, 0.25) is 5.02 Å². The molecule has 2 rings (SSSR count). The smallest absolute Gasteiger partial charge is 0.372 e. The van der Waals surface area contributed by atoms with Gasteiger partial charge in [-0.1, -0.05) is 11.6 Å². The van der Waals surface area contributed by atoms with E-state index in [1.807, 2.05) is 0 Å². The predicted octanol–water partition coefficient (Wildman–Crippen LogP) is 1.65. The number of carboxylic acid groups (broad SMARTS) is 1. The van der Waals surface area contributed by atoms with Crippen molar-refractivity contribution in [3.8, 4) is 11.5 Å². The lowest BCUT2D eigenvalue weighted by molar-refractivity contribution is -0.149. The summed E-state index contributed by atoms with van der Waals surface area (Å²) in [7, 11) is 0. The van der Waals surface area contributed by atoms with E-state index in [9.17, 15) is 9.59 Å². The van der Waals surface area contributed by atoms with Crippen LogP contribution in [-0.4, -0.2) is 23.7 Å². The molecule has 1 heterocycles. The van der Waals surface area contributed by atoms with Gasteiger partial charge in [-0.2, -0.15) is 0 Å². The van der Waals surface area contributed by atoms with Gasteiger partial charge in [-0.3, -0.25) is 4.79 Å². The molecular formula is C11H9ClO5. The van der Waals surface area contributed by atoms with E-state index in [-0.39, 0.29) is 19.6 Å². The van der Waals surface area contributed by atoms with Crippen molar-refractivity contribution in [2.24, 2.45) is 0 Å². The third-order valence-corrected chi connectivity index (χ3v) is 2.75. The number of aliphatic carboxylic acids is 1. The van der Waals surface area contributed by atoms with Gasteiger partial charge in [-0.25, -0.2) is 4.79 Å².